The molecule has 5 aromatic rings. The number of hydrogen-bond donors (Lipinski definition) is 1. The fraction of sp³-hybridized carbons (Fsp3) is 0.278. The van der Waals surface area contributed by atoms with Gasteiger partial charge in [0.1, 0.15) is 29.3 Å². The quantitative estimate of drug-likeness (QED) is 0.197. The number of carbonyl (C=O) groups excluding carboxylic acids is 1. The normalized spacial score (nSPS) is 15.7. The molecule has 234 valence electrons. The van der Waals surface area contributed by atoms with Crippen LogP contribution in [0.25, 0.3) is 16.5 Å². The van der Waals surface area contributed by atoms with E-state index in [1.807, 2.05) is 84.6 Å². The average Bonchev–Trinajstić information content (AvgIpc) is 3.61. The van der Waals surface area contributed by atoms with Gasteiger partial charge in [0.2, 0.25) is 0 Å². The molecule has 3 aromatic carbocycles. The number of rotatable bonds is 8. The van der Waals surface area contributed by atoms with Gasteiger partial charge < -0.3 is 19.9 Å². The van der Waals surface area contributed by atoms with Crippen LogP contribution in [-0.2, 0) is 6.54 Å². The predicted molar refractivity (Wildman–Crippen MR) is 181 cm³/mol. The van der Waals surface area contributed by atoms with Crippen molar-refractivity contribution < 1.29 is 9.53 Å². The molecular formula is C36H35ClN6O3. The molecule has 2 aromatic heterocycles. The summed E-state index contributed by atoms with van der Waals surface area (Å²) in [5.74, 6) is 1.74. The lowest BCUT2D eigenvalue weighted by molar-refractivity contribution is 0.0662. The van der Waals surface area contributed by atoms with Crippen LogP contribution in [0.1, 0.15) is 60.3 Å². The number of para-hydroxylation sites is 1. The van der Waals surface area contributed by atoms with Gasteiger partial charge >= 0.3 is 0 Å². The Kier molecular flexibility index (Phi) is 8.09. The monoisotopic (exact) mass is 634 g/mol. The van der Waals surface area contributed by atoms with E-state index in [-0.39, 0.29) is 17.5 Å². The molecular weight excluding hydrogens is 600 g/mol. The molecule has 0 bridgehead atoms. The van der Waals surface area contributed by atoms with E-state index in [2.05, 4.69) is 20.2 Å². The van der Waals surface area contributed by atoms with Crippen LogP contribution >= 0.6 is 11.6 Å². The van der Waals surface area contributed by atoms with Crippen molar-refractivity contribution in [3.63, 3.8) is 0 Å². The second-order valence-electron chi connectivity index (χ2n) is 11.9. The Bertz CT molecular complexity index is 1960. The van der Waals surface area contributed by atoms with Crippen LogP contribution in [0.4, 0.5) is 11.6 Å². The number of hydrogen-bond acceptors (Lipinski definition) is 7. The smallest absolute Gasteiger partial charge is 0.264 e. The van der Waals surface area contributed by atoms with E-state index >= 15 is 0 Å². The number of amides is 1. The zero-order valence-electron chi connectivity index (χ0n) is 25.8. The maximum absolute atomic E-state index is 14.3. The topological polar surface area (TPSA) is 92.6 Å². The molecule has 1 aliphatic carbocycles. The van der Waals surface area contributed by atoms with Crippen molar-refractivity contribution in [2.45, 2.75) is 51.2 Å². The lowest BCUT2D eigenvalue weighted by Crippen LogP contribution is -2.51. The van der Waals surface area contributed by atoms with Crippen LogP contribution in [0.15, 0.2) is 90.0 Å². The summed E-state index contributed by atoms with van der Waals surface area (Å²) in [5.41, 5.74) is 2.74. The zero-order valence-corrected chi connectivity index (χ0v) is 26.6. The first-order valence-electron chi connectivity index (χ1n) is 15.6. The third-order valence-electron chi connectivity index (χ3n) is 9.06. The van der Waals surface area contributed by atoms with Crippen LogP contribution in [0.2, 0.25) is 5.02 Å². The first-order chi connectivity index (χ1) is 22.4. The molecule has 1 unspecified atom stereocenters. The maximum atomic E-state index is 14.3. The second-order valence-corrected chi connectivity index (χ2v) is 12.3. The number of aromatic nitrogens is 3. The largest absolute Gasteiger partial charge is 0.497 e. The minimum Gasteiger partial charge on any atom is -0.497 e. The SMILES string of the molecule is COc1ccc(CN2CN(C3CCCC3)C(=O)c3c(NC(C)c4cc5cccc(Cl)c5c(=O)n4-c4ccccc4)ncnc32)cc1. The number of methoxy groups -OCH3 is 1. The summed E-state index contributed by atoms with van der Waals surface area (Å²) in [6.45, 7) is 2.99. The molecule has 1 amide bonds. The number of carbonyl (C=O) groups is 1. The lowest BCUT2D eigenvalue weighted by Gasteiger charge is -2.40. The Balaban J connectivity index is 1.31. The number of nitrogens with one attached hydrogen (secondary N) is 1. The molecule has 0 spiro atoms. The van der Waals surface area contributed by atoms with Gasteiger partial charge in [0.25, 0.3) is 11.5 Å². The summed E-state index contributed by atoms with van der Waals surface area (Å²) < 4.78 is 7.04. The standard InChI is InChI=1S/C36H35ClN6O3/c1-23(30-19-25-9-8-14-29(37)31(25)36(45)43(30)27-12-4-3-5-13-27)40-33-32-34(39-21-38-33)41(20-24-15-17-28(46-2)18-16-24)22-42(35(32)44)26-10-6-7-11-26/h3-5,8-9,12-19,21,23,26H,6-7,10-11,20,22H2,1-2H3,(H,38,39,40). The van der Waals surface area contributed by atoms with Gasteiger partial charge in [-0.3, -0.25) is 14.2 Å². The van der Waals surface area contributed by atoms with Crippen molar-refractivity contribution in [2.24, 2.45) is 0 Å². The molecule has 1 N–H and O–H groups in total. The Morgan fingerprint density at radius 1 is 0.978 bits per heavy atom. The van der Waals surface area contributed by atoms with Crippen molar-refractivity contribution in [3.8, 4) is 11.4 Å². The highest BCUT2D eigenvalue weighted by molar-refractivity contribution is 6.35. The number of pyridine rings is 1. The minimum absolute atomic E-state index is 0.0751. The predicted octanol–water partition coefficient (Wildman–Crippen LogP) is 6.98. The van der Waals surface area contributed by atoms with Crippen molar-refractivity contribution in [1.82, 2.24) is 19.4 Å². The second kappa shape index (κ2) is 12.5. The number of benzene rings is 3. The van der Waals surface area contributed by atoms with Gasteiger partial charge in [0.15, 0.2) is 0 Å². The summed E-state index contributed by atoms with van der Waals surface area (Å²) in [5, 5.41) is 5.11. The number of ether oxygens (including phenoxy) is 1. The molecule has 9 nitrogen and oxygen atoms in total. The fourth-order valence-corrected chi connectivity index (χ4v) is 7.00. The Morgan fingerprint density at radius 2 is 1.74 bits per heavy atom. The highest BCUT2D eigenvalue weighted by atomic mass is 35.5. The van der Waals surface area contributed by atoms with Crippen molar-refractivity contribution in [1.29, 1.82) is 0 Å². The summed E-state index contributed by atoms with van der Waals surface area (Å²) >= 11 is 6.53. The summed E-state index contributed by atoms with van der Waals surface area (Å²) in [7, 11) is 1.65. The van der Waals surface area contributed by atoms with Gasteiger partial charge in [0.05, 0.1) is 30.2 Å². The Labute approximate surface area is 272 Å². The summed E-state index contributed by atoms with van der Waals surface area (Å²) in [6.07, 6.45) is 5.67. The van der Waals surface area contributed by atoms with E-state index in [4.69, 9.17) is 16.3 Å². The zero-order chi connectivity index (χ0) is 31.8. The van der Waals surface area contributed by atoms with E-state index < -0.39 is 6.04 Å². The highest BCUT2D eigenvalue weighted by Gasteiger charge is 2.38. The van der Waals surface area contributed by atoms with Crippen LogP contribution in [-0.4, -0.2) is 45.2 Å². The molecule has 1 fully saturated rings. The molecule has 46 heavy (non-hydrogen) atoms. The fourth-order valence-electron chi connectivity index (χ4n) is 6.74. The van der Waals surface area contributed by atoms with Gasteiger partial charge in [-0.15, -0.1) is 0 Å². The number of fused-ring (bicyclic) bond motifs is 2. The maximum Gasteiger partial charge on any atom is 0.264 e. The van der Waals surface area contributed by atoms with Crippen molar-refractivity contribution >= 4 is 39.9 Å². The Hall–Kier alpha value is -4.89. The lowest BCUT2D eigenvalue weighted by atomic mass is 10.1. The molecule has 0 saturated heterocycles. The van der Waals surface area contributed by atoms with Crippen LogP contribution in [0, 0.1) is 0 Å². The Morgan fingerprint density at radius 3 is 2.48 bits per heavy atom. The average molecular weight is 635 g/mol. The van der Waals surface area contributed by atoms with E-state index in [0.29, 0.717) is 46.5 Å². The van der Waals surface area contributed by atoms with E-state index in [0.717, 1.165) is 48.1 Å². The van der Waals surface area contributed by atoms with Crippen LogP contribution in [0.5, 0.6) is 5.75 Å². The molecule has 10 heteroatoms. The van der Waals surface area contributed by atoms with Gasteiger partial charge in [-0.25, -0.2) is 9.97 Å². The molecule has 1 saturated carbocycles. The van der Waals surface area contributed by atoms with Gasteiger partial charge in [-0.05, 0) is 67.1 Å². The molecule has 1 atom stereocenters. The molecule has 0 radical (unpaired) electrons. The van der Waals surface area contributed by atoms with Crippen LogP contribution in [0.3, 0.4) is 0 Å². The number of halogens is 1. The first-order valence-corrected chi connectivity index (χ1v) is 16.0. The number of anilines is 2. The number of nitrogens with zero attached hydrogens (tertiary/aromatic N) is 5. The molecule has 7 rings (SSSR count). The molecule has 3 heterocycles. The van der Waals surface area contributed by atoms with E-state index in [9.17, 15) is 9.59 Å². The minimum atomic E-state index is -0.417. The third kappa shape index (κ3) is 5.45. The van der Waals surface area contributed by atoms with Crippen molar-refractivity contribution in [2.75, 3.05) is 24.0 Å². The highest BCUT2D eigenvalue weighted by Crippen LogP contribution is 2.36. The summed E-state index contributed by atoms with van der Waals surface area (Å²) in [4.78, 5) is 41.7. The van der Waals surface area contributed by atoms with Gasteiger partial charge in [0, 0.05) is 24.0 Å². The molecule has 1 aliphatic heterocycles. The molecule has 2 aliphatic rings. The van der Waals surface area contributed by atoms with E-state index in [1.165, 1.54) is 6.33 Å². The van der Waals surface area contributed by atoms with E-state index in [1.54, 1.807) is 17.7 Å². The van der Waals surface area contributed by atoms with Crippen molar-refractivity contribution in [3.05, 3.63) is 117 Å². The third-order valence-corrected chi connectivity index (χ3v) is 9.37. The van der Waals surface area contributed by atoms with Crippen LogP contribution < -0.4 is 20.5 Å². The summed E-state index contributed by atoms with van der Waals surface area (Å²) in [6, 6.07) is 24.6. The van der Waals surface area contributed by atoms with Gasteiger partial charge in [-0.1, -0.05) is 66.9 Å². The first kappa shape index (κ1) is 29.8. The van der Waals surface area contributed by atoms with Gasteiger partial charge in [-0.2, -0.15) is 0 Å².